The first-order valence-corrected chi connectivity index (χ1v) is 8.35. The van der Waals surface area contributed by atoms with Crippen LogP contribution in [0.5, 0.6) is 0 Å². The number of thioether (sulfide) groups is 1. The summed E-state index contributed by atoms with van der Waals surface area (Å²) in [6.45, 7) is 0. The van der Waals surface area contributed by atoms with Crippen LogP contribution in [0.3, 0.4) is 0 Å². The average Bonchev–Trinajstić information content (AvgIpc) is 3.11. The molecule has 0 aliphatic rings. The molecule has 0 aliphatic carbocycles. The molecule has 2 heterocycles. The monoisotopic (exact) mass is 421 g/mol. The van der Waals surface area contributed by atoms with Crippen molar-refractivity contribution in [3.05, 3.63) is 47.2 Å². The van der Waals surface area contributed by atoms with E-state index in [1.165, 1.54) is 12.1 Å². The number of nitrogens with one attached hydrogen (secondary N) is 2. The van der Waals surface area contributed by atoms with E-state index in [1.807, 2.05) is 0 Å². The maximum atomic E-state index is 13.1. The molecule has 148 valence electrons. The summed E-state index contributed by atoms with van der Waals surface area (Å²) in [5.41, 5.74) is -1.54. The molecule has 2 N–H and O–H groups in total. The van der Waals surface area contributed by atoms with Crippen molar-refractivity contribution in [3.8, 4) is 0 Å². The molecule has 7 nitrogen and oxygen atoms in total. The Hall–Kier alpha value is -2.90. The summed E-state index contributed by atoms with van der Waals surface area (Å²) in [5, 5.41) is 14.7. The van der Waals surface area contributed by atoms with Gasteiger partial charge >= 0.3 is 12.4 Å². The third kappa shape index (κ3) is 5.09. The van der Waals surface area contributed by atoms with Crippen molar-refractivity contribution >= 4 is 23.5 Å². The number of nitrogens with zero attached hydrogens (tertiary/aromatic N) is 5. The number of aromatic amines is 1. The van der Waals surface area contributed by atoms with Gasteiger partial charge in [0, 0.05) is 11.8 Å². The Morgan fingerprint density at radius 2 is 1.68 bits per heavy atom. The van der Waals surface area contributed by atoms with E-state index >= 15 is 0 Å². The van der Waals surface area contributed by atoms with Gasteiger partial charge in [0.05, 0.1) is 5.56 Å². The molecule has 3 rings (SSSR count). The molecule has 2 aromatic heterocycles. The molecule has 3 aromatic rings. The molecule has 0 radical (unpaired) electrons. The highest BCUT2D eigenvalue weighted by Gasteiger charge is 2.34. The Bertz CT molecular complexity index is 925. The average molecular weight is 421 g/mol. The van der Waals surface area contributed by atoms with Crippen LogP contribution in [0.25, 0.3) is 0 Å². The second kappa shape index (κ2) is 7.61. The maximum Gasteiger partial charge on any atom is 0.433 e. The van der Waals surface area contributed by atoms with Gasteiger partial charge in [0.15, 0.2) is 10.9 Å². The number of hydrogen-bond acceptors (Lipinski definition) is 7. The van der Waals surface area contributed by atoms with Crippen LogP contribution in [0.15, 0.2) is 35.5 Å². The summed E-state index contributed by atoms with van der Waals surface area (Å²) < 4.78 is 76.9. The van der Waals surface area contributed by atoms with Gasteiger partial charge in [-0.2, -0.15) is 31.6 Å². The molecule has 0 spiro atoms. The highest BCUT2D eigenvalue weighted by atomic mass is 32.2. The summed E-state index contributed by atoms with van der Waals surface area (Å²) in [5.74, 6) is -0.231. The summed E-state index contributed by atoms with van der Waals surface area (Å²) in [7, 11) is 0. The smallest absolute Gasteiger partial charge is 0.306 e. The standard InChI is InChI=1S/C14H9F6N7S/c15-13(16,17)8-3-1-7(2-4-8)6-28-12-21-9(14(18,19)20)5-10(23-12)22-11-24-26-27-25-11/h1-5H,6H2,(H2,21,22,23,24,25,26,27). The molecule has 0 fully saturated rings. The highest BCUT2D eigenvalue weighted by Crippen LogP contribution is 2.32. The fourth-order valence-electron chi connectivity index (χ4n) is 1.97. The number of rotatable bonds is 5. The lowest BCUT2D eigenvalue weighted by Crippen LogP contribution is -2.11. The Kier molecular flexibility index (Phi) is 5.40. The van der Waals surface area contributed by atoms with E-state index in [-0.39, 0.29) is 22.7 Å². The summed E-state index contributed by atoms with van der Waals surface area (Å²) in [6.07, 6.45) is -9.19. The molecular weight excluding hydrogens is 412 g/mol. The van der Waals surface area contributed by atoms with Crippen molar-refractivity contribution in [2.45, 2.75) is 23.3 Å². The largest absolute Gasteiger partial charge is 0.433 e. The van der Waals surface area contributed by atoms with Gasteiger partial charge in [0.25, 0.3) is 5.95 Å². The second-order valence-corrected chi connectivity index (χ2v) is 6.21. The van der Waals surface area contributed by atoms with E-state index in [0.717, 1.165) is 23.9 Å². The summed E-state index contributed by atoms with van der Waals surface area (Å²) >= 11 is 0.836. The Labute approximate surface area is 157 Å². The molecule has 0 atom stereocenters. The van der Waals surface area contributed by atoms with Crippen LogP contribution < -0.4 is 5.32 Å². The van der Waals surface area contributed by atoms with Crippen molar-refractivity contribution in [3.63, 3.8) is 0 Å². The zero-order valence-corrected chi connectivity index (χ0v) is 14.3. The first-order chi connectivity index (χ1) is 13.1. The third-order valence-corrected chi connectivity index (χ3v) is 4.15. The Morgan fingerprint density at radius 1 is 0.964 bits per heavy atom. The topological polar surface area (TPSA) is 92.3 Å². The number of aromatic nitrogens is 6. The predicted molar refractivity (Wildman–Crippen MR) is 85.5 cm³/mol. The van der Waals surface area contributed by atoms with E-state index in [9.17, 15) is 26.3 Å². The lowest BCUT2D eigenvalue weighted by molar-refractivity contribution is -0.141. The number of H-pyrrole nitrogens is 1. The fourth-order valence-corrected chi connectivity index (χ4v) is 2.78. The first-order valence-electron chi connectivity index (χ1n) is 7.37. The van der Waals surface area contributed by atoms with E-state index in [1.54, 1.807) is 0 Å². The Morgan fingerprint density at radius 3 is 2.25 bits per heavy atom. The maximum absolute atomic E-state index is 13.1. The third-order valence-electron chi connectivity index (χ3n) is 3.23. The minimum atomic E-state index is -4.72. The quantitative estimate of drug-likeness (QED) is 0.365. The van der Waals surface area contributed by atoms with Crippen LogP contribution >= 0.6 is 11.8 Å². The lowest BCUT2D eigenvalue weighted by Gasteiger charge is -2.10. The van der Waals surface area contributed by atoms with Gasteiger partial charge in [0.2, 0.25) is 0 Å². The van der Waals surface area contributed by atoms with Crippen LogP contribution in [-0.2, 0) is 18.1 Å². The van der Waals surface area contributed by atoms with Gasteiger partial charge in [-0.15, -0.1) is 5.10 Å². The minimum Gasteiger partial charge on any atom is -0.306 e. The minimum absolute atomic E-state index is 0.0705. The molecule has 14 heteroatoms. The van der Waals surface area contributed by atoms with Gasteiger partial charge in [-0.05, 0) is 22.9 Å². The van der Waals surface area contributed by atoms with Crippen molar-refractivity contribution in [2.75, 3.05) is 5.32 Å². The molecule has 1 aromatic carbocycles. The normalized spacial score (nSPS) is 12.2. The van der Waals surface area contributed by atoms with E-state index in [2.05, 4.69) is 35.9 Å². The molecule has 0 amide bonds. The van der Waals surface area contributed by atoms with Crippen molar-refractivity contribution in [1.29, 1.82) is 0 Å². The lowest BCUT2D eigenvalue weighted by atomic mass is 10.1. The van der Waals surface area contributed by atoms with Crippen LogP contribution in [-0.4, -0.2) is 30.6 Å². The SMILES string of the molecule is FC(F)(F)c1ccc(CSc2nc(Nc3nn[nH]n3)cc(C(F)(F)F)n2)cc1. The van der Waals surface area contributed by atoms with Crippen LogP contribution in [0, 0.1) is 0 Å². The number of alkyl halides is 6. The molecule has 0 unspecified atom stereocenters. The number of anilines is 2. The number of halogens is 6. The second-order valence-electron chi connectivity index (χ2n) is 5.26. The first kappa shape index (κ1) is 19.9. The van der Waals surface area contributed by atoms with Crippen molar-refractivity contribution in [1.82, 2.24) is 30.6 Å². The zero-order chi connectivity index (χ0) is 20.4. The van der Waals surface area contributed by atoms with E-state index in [4.69, 9.17) is 0 Å². The number of hydrogen-bond donors (Lipinski definition) is 2. The van der Waals surface area contributed by atoms with Crippen molar-refractivity contribution in [2.24, 2.45) is 0 Å². The van der Waals surface area contributed by atoms with Gasteiger partial charge in [-0.1, -0.05) is 29.0 Å². The zero-order valence-electron chi connectivity index (χ0n) is 13.5. The summed E-state index contributed by atoms with van der Waals surface area (Å²) in [6, 6.07) is 4.95. The van der Waals surface area contributed by atoms with Gasteiger partial charge < -0.3 is 5.32 Å². The van der Waals surface area contributed by atoms with Crippen LogP contribution in [0.2, 0.25) is 0 Å². The molecule has 0 saturated carbocycles. The van der Waals surface area contributed by atoms with Gasteiger partial charge in [-0.3, -0.25) is 0 Å². The van der Waals surface area contributed by atoms with Crippen LogP contribution in [0.1, 0.15) is 16.8 Å². The van der Waals surface area contributed by atoms with Gasteiger partial charge in [-0.25, -0.2) is 9.97 Å². The number of benzene rings is 1. The fraction of sp³-hybridized carbons (Fsp3) is 0.214. The Balaban J connectivity index is 1.78. The molecule has 28 heavy (non-hydrogen) atoms. The van der Waals surface area contributed by atoms with Crippen LogP contribution in [0.4, 0.5) is 38.1 Å². The van der Waals surface area contributed by atoms with Crippen molar-refractivity contribution < 1.29 is 26.3 Å². The molecular formula is C14H9F6N7S. The molecule has 0 aliphatic heterocycles. The highest BCUT2D eigenvalue weighted by molar-refractivity contribution is 7.98. The molecule has 0 bridgehead atoms. The summed E-state index contributed by atoms with van der Waals surface area (Å²) in [4.78, 5) is 7.38. The molecule has 0 saturated heterocycles. The van der Waals surface area contributed by atoms with E-state index in [0.29, 0.717) is 11.6 Å². The predicted octanol–water partition coefficient (Wildman–Crippen LogP) is 4.06. The van der Waals surface area contributed by atoms with E-state index < -0.39 is 23.6 Å². The number of tetrazole rings is 1. The van der Waals surface area contributed by atoms with Gasteiger partial charge in [0.1, 0.15) is 5.82 Å².